The molecule has 0 aliphatic rings. The number of aromatic amines is 1. The highest BCUT2D eigenvalue weighted by atomic mass is 32.1. The number of nitrogens with one attached hydrogen (secondary N) is 1. The summed E-state index contributed by atoms with van der Waals surface area (Å²) >= 11 is 5.09. The van der Waals surface area contributed by atoms with Gasteiger partial charge in [0.2, 0.25) is 0 Å². The number of benzene rings is 1. The molecule has 0 spiro atoms. The van der Waals surface area contributed by atoms with E-state index in [1.807, 2.05) is 0 Å². The summed E-state index contributed by atoms with van der Waals surface area (Å²) in [7, 11) is 0. The molecule has 84 valence electrons. The van der Waals surface area contributed by atoms with Gasteiger partial charge in [-0.25, -0.2) is 14.1 Å². The number of fused-ring (bicyclic) bond motifs is 1. The van der Waals surface area contributed by atoms with Crippen molar-refractivity contribution in [1.82, 2.24) is 19.7 Å². The molecule has 3 aromatic rings. The van der Waals surface area contributed by atoms with Crippen molar-refractivity contribution in [2.24, 2.45) is 0 Å². The van der Waals surface area contributed by atoms with Crippen LogP contribution in [-0.4, -0.2) is 19.7 Å². The molecule has 0 radical (unpaired) electrons. The van der Waals surface area contributed by atoms with E-state index >= 15 is 0 Å². The number of H-pyrrole nitrogens is 1. The largest absolute Gasteiger partial charge is 0.330 e. The van der Waals surface area contributed by atoms with Gasteiger partial charge in [-0.3, -0.25) is 0 Å². The zero-order valence-corrected chi connectivity index (χ0v) is 9.41. The van der Waals surface area contributed by atoms with E-state index in [0.717, 1.165) is 16.7 Å². The first-order valence-corrected chi connectivity index (χ1v) is 5.34. The highest BCUT2D eigenvalue weighted by molar-refractivity contribution is 7.71. The van der Waals surface area contributed by atoms with Gasteiger partial charge in [0.1, 0.15) is 16.1 Å². The second-order valence-corrected chi connectivity index (χ2v) is 3.89. The summed E-state index contributed by atoms with van der Waals surface area (Å²) in [6.45, 7) is 0. The van der Waals surface area contributed by atoms with Crippen LogP contribution in [0.15, 0.2) is 36.8 Å². The summed E-state index contributed by atoms with van der Waals surface area (Å²) in [6, 6.07) is 6.08. The molecule has 2 heterocycles. The highest BCUT2D eigenvalue weighted by Gasteiger charge is 2.06. The number of hydrogen-bond acceptors (Lipinski definition) is 3. The van der Waals surface area contributed by atoms with Crippen molar-refractivity contribution in [2.75, 3.05) is 0 Å². The van der Waals surface area contributed by atoms with Crippen LogP contribution < -0.4 is 0 Å². The topological polar surface area (TPSA) is 46.5 Å². The maximum absolute atomic E-state index is 12.8. The summed E-state index contributed by atoms with van der Waals surface area (Å²) in [5.41, 5.74) is 1.51. The van der Waals surface area contributed by atoms with Gasteiger partial charge in [0.15, 0.2) is 0 Å². The predicted octanol–water partition coefficient (Wildman–Crippen LogP) is 2.62. The second-order valence-electron chi connectivity index (χ2n) is 3.50. The third-order valence-corrected chi connectivity index (χ3v) is 2.78. The summed E-state index contributed by atoms with van der Waals surface area (Å²) in [4.78, 5) is 6.96. The molecule has 1 N–H and O–H groups in total. The smallest absolute Gasteiger partial charge is 0.145 e. The Kier molecular flexibility index (Phi) is 2.22. The summed E-state index contributed by atoms with van der Waals surface area (Å²) < 4.78 is 15.0. The van der Waals surface area contributed by atoms with E-state index in [0.29, 0.717) is 4.64 Å². The Hall–Kier alpha value is -2.08. The SMILES string of the molecule is Fc1ccc(-n2ncc3c(=S)nc[nH]c32)cc1. The lowest BCUT2D eigenvalue weighted by Gasteiger charge is -2.02. The molecule has 0 saturated heterocycles. The molecule has 0 saturated carbocycles. The number of rotatable bonds is 1. The first-order valence-electron chi connectivity index (χ1n) is 4.93. The van der Waals surface area contributed by atoms with Gasteiger partial charge < -0.3 is 4.98 Å². The summed E-state index contributed by atoms with van der Waals surface area (Å²) in [6.07, 6.45) is 3.16. The van der Waals surface area contributed by atoms with E-state index < -0.39 is 0 Å². The Balaban J connectivity index is 2.28. The van der Waals surface area contributed by atoms with Crippen LogP contribution in [0.3, 0.4) is 0 Å². The van der Waals surface area contributed by atoms with Crippen molar-refractivity contribution in [2.45, 2.75) is 0 Å². The normalized spacial score (nSPS) is 10.9. The van der Waals surface area contributed by atoms with Crippen LogP contribution in [0.4, 0.5) is 4.39 Å². The minimum absolute atomic E-state index is 0.278. The lowest BCUT2D eigenvalue weighted by atomic mass is 10.3. The van der Waals surface area contributed by atoms with Crippen LogP contribution in [-0.2, 0) is 0 Å². The molecular weight excluding hydrogens is 239 g/mol. The van der Waals surface area contributed by atoms with Gasteiger partial charge in [0.25, 0.3) is 0 Å². The maximum atomic E-state index is 12.8. The Bertz CT molecular complexity index is 729. The van der Waals surface area contributed by atoms with Crippen molar-refractivity contribution >= 4 is 23.3 Å². The average molecular weight is 246 g/mol. The van der Waals surface area contributed by atoms with Crippen molar-refractivity contribution in [3.63, 3.8) is 0 Å². The third kappa shape index (κ3) is 1.62. The first kappa shape index (κ1) is 10.1. The van der Waals surface area contributed by atoms with Crippen LogP contribution in [0.25, 0.3) is 16.7 Å². The van der Waals surface area contributed by atoms with Crippen molar-refractivity contribution < 1.29 is 4.39 Å². The molecule has 0 amide bonds. The molecule has 0 aliphatic carbocycles. The summed E-state index contributed by atoms with van der Waals surface area (Å²) in [5.74, 6) is -0.278. The van der Waals surface area contributed by atoms with E-state index in [2.05, 4.69) is 15.1 Å². The zero-order valence-electron chi connectivity index (χ0n) is 8.59. The molecule has 1 aromatic carbocycles. The Morgan fingerprint density at radius 3 is 2.76 bits per heavy atom. The quantitative estimate of drug-likeness (QED) is 0.671. The zero-order chi connectivity index (χ0) is 11.8. The number of hydrogen-bond donors (Lipinski definition) is 1. The van der Waals surface area contributed by atoms with E-state index in [4.69, 9.17) is 12.2 Å². The highest BCUT2D eigenvalue weighted by Crippen LogP contribution is 2.16. The van der Waals surface area contributed by atoms with Crippen molar-refractivity contribution in [3.05, 3.63) is 47.2 Å². The van der Waals surface area contributed by atoms with Crippen LogP contribution >= 0.6 is 12.2 Å². The molecule has 0 bridgehead atoms. The standard InChI is InChI=1S/C11H7FN4S/c12-7-1-3-8(4-2-7)16-10-9(5-15-16)11(17)14-6-13-10/h1-6H,(H,13,14,17). The van der Waals surface area contributed by atoms with Crippen molar-refractivity contribution in [1.29, 1.82) is 0 Å². The molecule has 0 fully saturated rings. The average Bonchev–Trinajstić information content (AvgIpc) is 2.75. The fraction of sp³-hybridized carbons (Fsp3) is 0. The molecule has 6 heteroatoms. The number of nitrogens with zero attached hydrogens (tertiary/aromatic N) is 3. The van der Waals surface area contributed by atoms with E-state index in [1.54, 1.807) is 23.0 Å². The van der Waals surface area contributed by atoms with Gasteiger partial charge in [0, 0.05) is 0 Å². The molecule has 4 nitrogen and oxygen atoms in total. The monoisotopic (exact) mass is 246 g/mol. The lowest BCUT2D eigenvalue weighted by Crippen LogP contribution is -1.97. The van der Waals surface area contributed by atoms with Gasteiger partial charge in [-0.15, -0.1) is 0 Å². The first-order chi connectivity index (χ1) is 8.25. The van der Waals surface area contributed by atoms with Crippen LogP contribution in [0.2, 0.25) is 0 Å². The van der Waals surface area contributed by atoms with E-state index in [9.17, 15) is 4.39 Å². The van der Waals surface area contributed by atoms with Gasteiger partial charge in [0.05, 0.1) is 23.6 Å². The van der Waals surface area contributed by atoms with Gasteiger partial charge in [-0.2, -0.15) is 5.10 Å². The molecule has 3 rings (SSSR count). The van der Waals surface area contributed by atoms with Gasteiger partial charge in [-0.05, 0) is 24.3 Å². The Labute approximate surface area is 101 Å². The minimum atomic E-state index is -0.278. The van der Waals surface area contributed by atoms with Crippen LogP contribution in [0, 0.1) is 10.5 Å². The van der Waals surface area contributed by atoms with Crippen LogP contribution in [0.1, 0.15) is 0 Å². The molecule has 0 unspecified atom stereocenters. The third-order valence-electron chi connectivity index (χ3n) is 2.45. The second kappa shape index (κ2) is 3.74. The number of aromatic nitrogens is 4. The molecule has 0 aliphatic heterocycles. The van der Waals surface area contributed by atoms with Crippen molar-refractivity contribution in [3.8, 4) is 5.69 Å². The van der Waals surface area contributed by atoms with E-state index in [-0.39, 0.29) is 5.82 Å². The Morgan fingerprint density at radius 2 is 2.00 bits per heavy atom. The minimum Gasteiger partial charge on any atom is -0.330 e. The molecule has 17 heavy (non-hydrogen) atoms. The predicted molar refractivity (Wildman–Crippen MR) is 64.0 cm³/mol. The molecular formula is C11H7FN4S. The van der Waals surface area contributed by atoms with E-state index in [1.165, 1.54) is 18.5 Å². The lowest BCUT2D eigenvalue weighted by molar-refractivity contribution is 0.627. The maximum Gasteiger partial charge on any atom is 0.145 e. The fourth-order valence-corrected chi connectivity index (χ4v) is 1.85. The Morgan fingerprint density at radius 1 is 1.24 bits per heavy atom. The van der Waals surface area contributed by atoms with Gasteiger partial charge in [-0.1, -0.05) is 12.2 Å². The van der Waals surface area contributed by atoms with Crippen LogP contribution in [0.5, 0.6) is 0 Å². The molecule has 0 atom stereocenters. The number of halogens is 1. The van der Waals surface area contributed by atoms with Gasteiger partial charge >= 0.3 is 0 Å². The summed E-state index contributed by atoms with van der Waals surface area (Å²) in [5, 5.41) is 4.98. The fourth-order valence-electron chi connectivity index (χ4n) is 1.64. The molecule has 2 aromatic heterocycles.